The molecule has 3 fully saturated rings. The van der Waals surface area contributed by atoms with E-state index in [9.17, 15) is 0 Å². The lowest BCUT2D eigenvalue weighted by molar-refractivity contribution is -0.140. The van der Waals surface area contributed by atoms with Crippen molar-refractivity contribution in [2.75, 3.05) is 25.6 Å². The third-order valence-corrected chi connectivity index (χ3v) is 6.39. The summed E-state index contributed by atoms with van der Waals surface area (Å²) in [6.45, 7) is 4.97. The molecular formula is C16H29NO2S. The van der Waals surface area contributed by atoms with E-state index in [1.807, 2.05) is 0 Å². The van der Waals surface area contributed by atoms with E-state index in [1.54, 1.807) is 0 Å². The fourth-order valence-corrected chi connectivity index (χ4v) is 5.22. The van der Waals surface area contributed by atoms with Crippen LogP contribution >= 0.6 is 11.8 Å². The van der Waals surface area contributed by atoms with Gasteiger partial charge in [0.25, 0.3) is 0 Å². The number of rotatable bonds is 4. The minimum absolute atomic E-state index is 0.129. The lowest BCUT2D eigenvalue weighted by Gasteiger charge is -2.44. The van der Waals surface area contributed by atoms with Crippen molar-refractivity contribution in [1.29, 1.82) is 0 Å². The Labute approximate surface area is 127 Å². The molecule has 20 heavy (non-hydrogen) atoms. The van der Waals surface area contributed by atoms with Crippen molar-refractivity contribution in [3.63, 3.8) is 0 Å². The maximum Gasteiger partial charge on any atom is 0.0741 e. The Morgan fingerprint density at radius 1 is 1.10 bits per heavy atom. The Balaban J connectivity index is 1.48. The molecule has 1 spiro atoms. The van der Waals surface area contributed by atoms with E-state index in [4.69, 9.17) is 9.47 Å². The number of nitrogens with one attached hydrogen (secondary N) is 1. The van der Waals surface area contributed by atoms with Crippen LogP contribution in [0, 0.1) is 0 Å². The molecule has 0 radical (unpaired) electrons. The average Bonchev–Trinajstić information content (AvgIpc) is 2.87. The minimum atomic E-state index is 0.129. The van der Waals surface area contributed by atoms with Gasteiger partial charge in [0.15, 0.2) is 0 Å². The second kappa shape index (κ2) is 6.99. The standard InChI is InChI=1S/C16H29NO2S/c1-2-20-15-4-3-13(11-15)17-14-5-8-19-16(12-14)6-9-18-10-7-16/h13-15,17H,2-12H2,1H3. The molecule has 1 saturated carbocycles. The summed E-state index contributed by atoms with van der Waals surface area (Å²) in [5, 5.41) is 4.84. The predicted molar refractivity (Wildman–Crippen MR) is 84.5 cm³/mol. The molecule has 2 heterocycles. The third kappa shape index (κ3) is 3.70. The highest BCUT2D eigenvalue weighted by Gasteiger charge is 2.39. The summed E-state index contributed by atoms with van der Waals surface area (Å²) in [6.07, 6.45) is 8.69. The summed E-state index contributed by atoms with van der Waals surface area (Å²) in [5.74, 6) is 1.26. The molecule has 0 aromatic carbocycles. The molecule has 1 aliphatic carbocycles. The van der Waals surface area contributed by atoms with Gasteiger partial charge in [0.05, 0.1) is 5.60 Å². The number of hydrogen-bond acceptors (Lipinski definition) is 4. The summed E-state index contributed by atoms with van der Waals surface area (Å²) in [4.78, 5) is 0. The zero-order valence-corrected chi connectivity index (χ0v) is 13.6. The van der Waals surface area contributed by atoms with E-state index < -0.39 is 0 Å². The van der Waals surface area contributed by atoms with Gasteiger partial charge >= 0.3 is 0 Å². The highest BCUT2D eigenvalue weighted by Crippen LogP contribution is 2.36. The summed E-state index contributed by atoms with van der Waals surface area (Å²) in [7, 11) is 0. The van der Waals surface area contributed by atoms with Gasteiger partial charge < -0.3 is 14.8 Å². The molecule has 0 aromatic rings. The number of ether oxygens (including phenoxy) is 2. The van der Waals surface area contributed by atoms with Crippen LogP contribution in [0.25, 0.3) is 0 Å². The van der Waals surface area contributed by atoms with Crippen LogP contribution in [0.5, 0.6) is 0 Å². The number of thioether (sulfide) groups is 1. The Morgan fingerprint density at radius 2 is 1.95 bits per heavy atom. The van der Waals surface area contributed by atoms with Crippen LogP contribution in [-0.2, 0) is 9.47 Å². The van der Waals surface area contributed by atoms with E-state index in [0.29, 0.717) is 6.04 Å². The van der Waals surface area contributed by atoms with Crippen molar-refractivity contribution in [2.24, 2.45) is 0 Å². The lowest BCUT2D eigenvalue weighted by Crippen LogP contribution is -2.51. The van der Waals surface area contributed by atoms with Crippen molar-refractivity contribution < 1.29 is 9.47 Å². The largest absolute Gasteiger partial charge is 0.381 e. The maximum absolute atomic E-state index is 6.14. The first-order chi connectivity index (χ1) is 9.80. The fraction of sp³-hybridized carbons (Fsp3) is 1.00. The van der Waals surface area contributed by atoms with Crippen LogP contribution in [-0.4, -0.2) is 48.5 Å². The molecule has 0 aromatic heterocycles. The molecule has 1 N–H and O–H groups in total. The molecule has 116 valence electrons. The van der Waals surface area contributed by atoms with Crippen LogP contribution in [0.4, 0.5) is 0 Å². The molecule has 4 heteroatoms. The Hall–Kier alpha value is 0.230. The van der Waals surface area contributed by atoms with Crippen molar-refractivity contribution in [3.8, 4) is 0 Å². The summed E-state index contributed by atoms with van der Waals surface area (Å²) in [6, 6.07) is 1.41. The van der Waals surface area contributed by atoms with Gasteiger partial charge in [-0.25, -0.2) is 0 Å². The van der Waals surface area contributed by atoms with Crippen molar-refractivity contribution in [2.45, 2.75) is 74.8 Å². The molecule has 3 nitrogen and oxygen atoms in total. The molecule has 2 saturated heterocycles. The summed E-state index contributed by atoms with van der Waals surface area (Å²) < 4.78 is 11.6. The first-order valence-electron chi connectivity index (χ1n) is 8.39. The molecular weight excluding hydrogens is 270 g/mol. The molecule has 3 atom stereocenters. The molecule has 3 unspecified atom stereocenters. The highest BCUT2D eigenvalue weighted by atomic mass is 32.2. The van der Waals surface area contributed by atoms with Crippen molar-refractivity contribution >= 4 is 11.8 Å². The van der Waals surface area contributed by atoms with Crippen LogP contribution in [0.3, 0.4) is 0 Å². The molecule has 3 rings (SSSR count). The monoisotopic (exact) mass is 299 g/mol. The summed E-state index contributed by atoms with van der Waals surface area (Å²) >= 11 is 2.15. The fourth-order valence-electron chi connectivity index (χ4n) is 4.07. The Bertz CT molecular complexity index is 301. The van der Waals surface area contributed by atoms with Gasteiger partial charge in [0, 0.05) is 37.2 Å². The van der Waals surface area contributed by atoms with E-state index in [2.05, 4.69) is 24.0 Å². The normalized spacial score (nSPS) is 37.4. The molecule has 0 amide bonds. The summed E-state index contributed by atoms with van der Waals surface area (Å²) in [5.41, 5.74) is 0.129. The zero-order valence-electron chi connectivity index (χ0n) is 12.7. The van der Waals surface area contributed by atoms with Crippen molar-refractivity contribution in [1.82, 2.24) is 5.32 Å². The topological polar surface area (TPSA) is 30.5 Å². The molecule has 3 aliphatic rings. The van der Waals surface area contributed by atoms with Crippen LogP contribution in [0.2, 0.25) is 0 Å². The maximum atomic E-state index is 6.14. The Morgan fingerprint density at radius 3 is 2.75 bits per heavy atom. The molecule has 0 bridgehead atoms. The SMILES string of the molecule is CCSC1CCC(NC2CCOC3(CCOCC3)C2)C1. The Kier molecular flexibility index (Phi) is 5.29. The minimum Gasteiger partial charge on any atom is -0.381 e. The van der Waals surface area contributed by atoms with E-state index in [1.165, 1.54) is 37.9 Å². The second-order valence-electron chi connectivity index (χ2n) is 6.59. The molecule has 2 aliphatic heterocycles. The first-order valence-corrected chi connectivity index (χ1v) is 9.44. The van der Waals surface area contributed by atoms with Gasteiger partial charge in [-0.15, -0.1) is 0 Å². The van der Waals surface area contributed by atoms with Gasteiger partial charge in [0.1, 0.15) is 0 Å². The predicted octanol–water partition coefficient (Wildman–Crippen LogP) is 2.98. The third-order valence-electron chi connectivity index (χ3n) is 5.16. The second-order valence-corrected chi connectivity index (χ2v) is 8.16. The van der Waals surface area contributed by atoms with Gasteiger partial charge in [-0.2, -0.15) is 11.8 Å². The van der Waals surface area contributed by atoms with Crippen LogP contribution in [0.15, 0.2) is 0 Å². The smallest absolute Gasteiger partial charge is 0.0741 e. The zero-order chi connectivity index (χ0) is 13.8. The van der Waals surface area contributed by atoms with Gasteiger partial charge in [-0.05, 0) is 50.7 Å². The van der Waals surface area contributed by atoms with Gasteiger partial charge in [0.2, 0.25) is 0 Å². The highest BCUT2D eigenvalue weighted by molar-refractivity contribution is 7.99. The average molecular weight is 299 g/mol. The van der Waals surface area contributed by atoms with Gasteiger partial charge in [-0.1, -0.05) is 6.92 Å². The quantitative estimate of drug-likeness (QED) is 0.864. The lowest BCUT2D eigenvalue weighted by atomic mass is 9.84. The van der Waals surface area contributed by atoms with Crippen LogP contribution < -0.4 is 5.32 Å². The van der Waals surface area contributed by atoms with Crippen molar-refractivity contribution in [3.05, 3.63) is 0 Å². The van der Waals surface area contributed by atoms with Crippen LogP contribution in [0.1, 0.15) is 51.9 Å². The van der Waals surface area contributed by atoms with E-state index in [-0.39, 0.29) is 5.60 Å². The number of hydrogen-bond donors (Lipinski definition) is 1. The first kappa shape index (κ1) is 15.1. The van der Waals surface area contributed by atoms with E-state index in [0.717, 1.165) is 44.0 Å². The van der Waals surface area contributed by atoms with E-state index >= 15 is 0 Å². The van der Waals surface area contributed by atoms with Gasteiger partial charge in [-0.3, -0.25) is 0 Å².